The van der Waals surface area contributed by atoms with E-state index in [4.69, 9.17) is 0 Å². The Morgan fingerprint density at radius 2 is 1.71 bits per heavy atom. The molecule has 0 aromatic heterocycles. The number of nitrogens with one attached hydrogen (secondary N) is 2. The van der Waals surface area contributed by atoms with E-state index >= 15 is 0 Å². The molecule has 24 heavy (non-hydrogen) atoms. The Bertz CT molecular complexity index is 727. The third-order valence-electron chi connectivity index (χ3n) is 4.01. The monoisotopic (exact) mass is 327 g/mol. The van der Waals surface area contributed by atoms with E-state index < -0.39 is 12.1 Å². The number of anilines is 1. The largest absolute Gasteiger partial charge is 0.363 e. The Morgan fingerprint density at radius 1 is 1.04 bits per heavy atom. The number of carbonyl (C=O) groups excluding carboxylic acids is 2. The molecule has 1 atom stereocenters. The van der Waals surface area contributed by atoms with Gasteiger partial charge in [0.1, 0.15) is 6.04 Å². The number of imide groups is 1. The molecule has 0 aliphatic heterocycles. The third-order valence-corrected chi connectivity index (χ3v) is 4.01. The summed E-state index contributed by atoms with van der Waals surface area (Å²) in [4.78, 5) is 25.9. The van der Waals surface area contributed by atoms with E-state index in [2.05, 4.69) is 10.6 Å². The normalized spacial score (nSPS) is 12.0. The third kappa shape index (κ3) is 4.47. The van der Waals surface area contributed by atoms with E-state index in [1.807, 2.05) is 68.3 Å². The van der Waals surface area contributed by atoms with E-state index in [9.17, 15) is 9.59 Å². The summed E-state index contributed by atoms with van der Waals surface area (Å²) in [6.07, 6.45) is 0. The number of hydrogen-bond donors (Lipinski definition) is 2. The molecule has 5 nitrogen and oxygen atoms in total. The first-order valence-corrected chi connectivity index (χ1v) is 8.19. The van der Waals surface area contributed by atoms with Crippen LogP contribution in [0.5, 0.6) is 0 Å². The van der Waals surface area contributed by atoms with Crippen molar-refractivity contribution in [2.24, 2.45) is 5.92 Å². The molecule has 5 heteroatoms. The van der Waals surface area contributed by atoms with Crippen LogP contribution in [0.4, 0.5) is 10.5 Å². The molecule has 128 valence electrons. The minimum atomic E-state index is -0.462. The number of rotatable bonds is 5. The van der Waals surface area contributed by atoms with Gasteiger partial charge in [0.15, 0.2) is 0 Å². The average molecular weight is 327 g/mol. The van der Waals surface area contributed by atoms with E-state index in [0.29, 0.717) is 12.5 Å². The van der Waals surface area contributed by atoms with Crippen LogP contribution in [0, 0.1) is 5.92 Å². The predicted octanol–water partition coefficient (Wildman–Crippen LogP) is 3.15. The van der Waals surface area contributed by atoms with Gasteiger partial charge in [0.05, 0.1) is 0 Å². The Morgan fingerprint density at radius 3 is 2.38 bits per heavy atom. The highest BCUT2D eigenvalue weighted by molar-refractivity contribution is 5.98. The highest BCUT2D eigenvalue weighted by Crippen LogP contribution is 2.22. The molecule has 0 radical (unpaired) electrons. The first kappa shape index (κ1) is 17.8. The summed E-state index contributed by atoms with van der Waals surface area (Å²) < 4.78 is 0. The van der Waals surface area contributed by atoms with Gasteiger partial charge in [0, 0.05) is 19.3 Å². The van der Waals surface area contributed by atoms with Gasteiger partial charge < -0.3 is 10.2 Å². The first-order valence-electron chi connectivity index (χ1n) is 8.19. The van der Waals surface area contributed by atoms with Crippen LogP contribution < -0.4 is 15.5 Å². The van der Waals surface area contributed by atoms with Gasteiger partial charge in [-0.3, -0.25) is 10.1 Å². The highest BCUT2D eigenvalue weighted by atomic mass is 16.2. The number of likely N-dealkylation sites (N-methyl/N-ethyl adjacent to an activating group) is 1. The highest BCUT2D eigenvalue weighted by Gasteiger charge is 2.20. The quantitative estimate of drug-likeness (QED) is 0.887. The van der Waals surface area contributed by atoms with Crippen LogP contribution in [0.3, 0.4) is 0 Å². The Balaban J connectivity index is 2.02. The summed E-state index contributed by atoms with van der Waals surface area (Å²) in [5.74, 6) is 0.00969. The van der Waals surface area contributed by atoms with E-state index in [1.54, 1.807) is 6.92 Å². The zero-order valence-electron chi connectivity index (χ0n) is 14.7. The van der Waals surface area contributed by atoms with Crippen molar-refractivity contribution in [1.82, 2.24) is 10.6 Å². The lowest BCUT2D eigenvalue weighted by Gasteiger charge is -2.26. The molecule has 3 amide bonds. The summed E-state index contributed by atoms with van der Waals surface area (Å²) in [5.41, 5.74) is 0.930. The molecule has 2 rings (SSSR count). The maximum absolute atomic E-state index is 12.3. The van der Waals surface area contributed by atoms with Crippen molar-refractivity contribution in [2.45, 2.75) is 26.8 Å². The number of amides is 3. The fraction of sp³-hybridized carbons (Fsp3) is 0.368. The summed E-state index contributed by atoms with van der Waals surface area (Å²) in [6.45, 7) is 6.31. The van der Waals surface area contributed by atoms with Crippen molar-refractivity contribution in [2.75, 3.05) is 18.5 Å². The molecule has 2 aromatic rings. The van der Waals surface area contributed by atoms with Gasteiger partial charge in [-0.05, 0) is 35.7 Å². The van der Waals surface area contributed by atoms with Crippen molar-refractivity contribution in [3.8, 4) is 0 Å². The second-order valence-electron chi connectivity index (χ2n) is 6.41. The van der Waals surface area contributed by atoms with Gasteiger partial charge in [0.2, 0.25) is 5.91 Å². The van der Waals surface area contributed by atoms with Crippen LogP contribution in [0.15, 0.2) is 42.5 Å². The lowest BCUT2D eigenvalue weighted by atomic mass is 10.1. The number of nitrogens with zero attached hydrogens (tertiary/aromatic N) is 1. The van der Waals surface area contributed by atoms with Crippen LogP contribution in [0.2, 0.25) is 0 Å². The van der Waals surface area contributed by atoms with Crippen molar-refractivity contribution in [3.05, 3.63) is 42.5 Å². The predicted molar refractivity (Wildman–Crippen MR) is 98.2 cm³/mol. The van der Waals surface area contributed by atoms with Gasteiger partial charge in [-0.15, -0.1) is 0 Å². The number of hydrogen-bond acceptors (Lipinski definition) is 3. The minimum absolute atomic E-state index is 0.327. The molecule has 0 aliphatic carbocycles. The number of fused-ring (bicyclic) bond motifs is 1. The summed E-state index contributed by atoms with van der Waals surface area (Å²) >= 11 is 0. The smallest absolute Gasteiger partial charge is 0.321 e. The topological polar surface area (TPSA) is 61.4 Å². The molecule has 0 saturated carbocycles. The zero-order chi connectivity index (χ0) is 17.7. The Hall–Kier alpha value is -2.56. The SMILES string of the molecule is CC(C)CNC(=O)NC(=O)C(C)N(C)c1ccc2ccccc2c1. The molecular weight excluding hydrogens is 302 g/mol. The lowest BCUT2D eigenvalue weighted by Crippen LogP contribution is -2.49. The average Bonchev–Trinajstić information content (AvgIpc) is 2.58. The van der Waals surface area contributed by atoms with Gasteiger partial charge in [-0.1, -0.05) is 44.2 Å². The number of benzene rings is 2. The summed E-state index contributed by atoms with van der Waals surface area (Å²) in [6, 6.07) is 13.2. The lowest BCUT2D eigenvalue weighted by molar-refractivity contribution is -0.120. The van der Waals surface area contributed by atoms with Gasteiger partial charge in [-0.25, -0.2) is 4.79 Å². The zero-order valence-corrected chi connectivity index (χ0v) is 14.7. The first-order chi connectivity index (χ1) is 11.4. The molecule has 0 aliphatic rings. The minimum Gasteiger partial charge on any atom is -0.363 e. The summed E-state index contributed by atoms with van der Waals surface area (Å²) in [7, 11) is 1.85. The van der Waals surface area contributed by atoms with Crippen LogP contribution in [0.1, 0.15) is 20.8 Å². The van der Waals surface area contributed by atoms with Crippen molar-refractivity contribution >= 4 is 28.4 Å². The van der Waals surface area contributed by atoms with E-state index in [1.165, 1.54) is 0 Å². The van der Waals surface area contributed by atoms with Gasteiger partial charge in [-0.2, -0.15) is 0 Å². The molecule has 2 aromatic carbocycles. The molecule has 0 bridgehead atoms. The Kier molecular flexibility index (Phi) is 5.79. The van der Waals surface area contributed by atoms with Crippen molar-refractivity contribution in [3.63, 3.8) is 0 Å². The fourth-order valence-electron chi connectivity index (χ4n) is 2.35. The van der Waals surface area contributed by atoms with E-state index in [0.717, 1.165) is 16.5 Å². The molecule has 2 N–H and O–H groups in total. The van der Waals surface area contributed by atoms with Crippen molar-refractivity contribution < 1.29 is 9.59 Å². The molecule has 0 heterocycles. The fourth-order valence-corrected chi connectivity index (χ4v) is 2.35. The molecule has 0 spiro atoms. The van der Waals surface area contributed by atoms with Gasteiger partial charge in [0.25, 0.3) is 0 Å². The second-order valence-corrected chi connectivity index (χ2v) is 6.41. The molecular formula is C19H25N3O2. The van der Waals surface area contributed by atoms with Crippen LogP contribution >= 0.6 is 0 Å². The maximum Gasteiger partial charge on any atom is 0.321 e. The summed E-state index contributed by atoms with van der Waals surface area (Å²) in [5, 5.41) is 7.34. The molecule has 0 fully saturated rings. The number of urea groups is 1. The van der Waals surface area contributed by atoms with Crippen LogP contribution in [-0.2, 0) is 4.79 Å². The second kappa shape index (κ2) is 7.81. The standard InChI is InChI=1S/C19H25N3O2/c1-13(2)12-20-19(24)21-18(23)14(3)22(4)17-10-9-15-7-5-6-8-16(15)11-17/h5-11,13-14H,12H2,1-4H3,(H2,20,21,23,24). The van der Waals surface area contributed by atoms with Crippen LogP contribution in [-0.4, -0.2) is 31.6 Å². The van der Waals surface area contributed by atoms with E-state index in [-0.39, 0.29) is 5.91 Å². The maximum atomic E-state index is 12.3. The van der Waals surface area contributed by atoms with Crippen molar-refractivity contribution in [1.29, 1.82) is 0 Å². The Labute approximate surface area is 143 Å². The van der Waals surface area contributed by atoms with Crippen LogP contribution in [0.25, 0.3) is 10.8 Å². The molecule has 1 unspecified atom stereocenters. The number of carbonyl (C=O) groups is 2. The molecule has 0 saturated heterocycles. The van der Waals surface area contributed by atoms with Gasteiger partial charge >= 0.3 is 6.03 Å².